The van der Waals surface area contributed by atoms with Crippen LogP contribution in [0.2, 0.25) is 0 Å². The van der Waals surface area contributed by atoms with Crippen molar-refractivity contribution in [3.05, 3.63) is 23.7 Å². The lowest BCUT2D eigenvalue weighted by atomic mass is 9.83. The van der Waals surface area contributed by atoms with Crippen molar-refractivity contribution in [3.63, 3.8) is 0 Å². The first-order chi connectivity index (χ1) is 30.2. The molecule has 2 saturated carbocycles. The fourth-order valence-electron chi connectivity index (χ4n) is 9.29. The maximum Gasteiger partial charge on any atom is 0.215 e. The van der Waals surface area contributed by atoms with Gasteiger partial charge in [0.15, 0.2) is 12.6 Å². The van der Waals surface area contributed by atoms with Crippen LogP contribution in [0.3, 0.4) is 0 Å². The zero-order chi connectivity index (χ0) is 47.3. The lowest BCUT2D eigenvalue weighted by Gasteiger charge is -2.49. The van der Waals surface area contributed by atoms with E-state index in [2.05, 4.69) is 16.0 Å². The van der Waals surface area contributed by atoms with Gasteiger partial charge in [0, 0.05) is 24.2 Å². The van der Waals surface area contributed by atoms with Crippen LogP contribution in [-0.2, 0) is 37.9 Å². The van der Waals surface area contributed by atoms with E-state index in [4.69, 9.17) is 78.0 Å². The molecule has 2 saturated heterocycles. The Morgan fingerprint density at radius 2 is 0.969 bits per heavy atom. The Hall–Kier alpha value is -1.80. The predicted molar refractivity (Wildman–Crippen MR) is 230 cm³/mol. The molecule has 4 aliphatic heterocycles. The van der Waals surface area contributed by atoms with Crippen molar-refractivity contribution < 1.29 is 68.5 Å². The quantitative estimate of drug-likeness (QED) is 0.0770. The molecule has 22 atom stereocenters. The third-order valence-corrected chi connectivity index (χ3v) is 12.9. The maximum absolute atomic E-state index is 11.3. The molecule has 64 heavy (non-hydrogen) atoms. The second kappa shape index (κ2) is 23.0. The van der Waals surface area contributed by atoms with Crippen molar-refractivity contribution in [2.75, 3.05) is 46.9 Å². The summed E-state index contributed by atoms with van der Waals surface area (Å²) in [5.41, 5.74) is 39.8. The van der Waals surface area contributed by atoms with Crippen LogP contribution in [0.5, 0.6) is 0 Å². The van der Waals surface area contributed by atoms with Crippen molar-refractivity contribution in [3.8, 4) is 0 Å². The summed E-state index contributed by atoms with van der Waals surface area (Å²) in [4.78, 5) is 0. The number of aliphatic hydroxyl groups is 6. The predicted octanol–water partition coefficient (Wildman–Crippen LogP) is -7.05. The second-order valence-electron chi connectivity index (χ2n) is 18.1. The number of rotatable bonds is 14. The van der Waals surface area contributed by atoms with Crippen molar-refractivity contribution in [1.29, 1.82) is 0 Å². The minimum atomic E-state index is -1.29. The standard InChI is InChI=1S/C21H41N5O7.C19H37N5O7/c1-4-26-13-7-12(24)16(32-19-11(23)6-5-10(8-22)31-19)14(27)17(13)33-20-15(28)18(25-3)21(2,29)9-30-20;1-19(27)7-28-18(13(26)16(19)24-2)31-15-11(23)5-10(22)14(12(15)25)30-17-9(21)4-3-8(6-20)29-17/h5,11-20,25-29H,4,6-9,22-24H2,1-3H3;3,9-18,24-27H,4-7,20-23H2,1-2H3/t11?,12-,13+,14-,15+,16+,17-,18+,19?,20+,21-;9?,10-,11+,12-,13+,14+,15-,16+,17?,18+,19-/m00/s1. The van der Waals surface area contributed by atoms with E-state index in [9.17, 15) is 30.6 Å². The monoisotopic (exact) mass is 923 g/mol. The summed E-state index contributed by atoms with van der Waals surface area (Å²) in [6.45, 7) is 5.99. The van der Waals surface area contributed by atoms with Crippen LogP contribution in [-0.4, -0.2) is 211 Å². The van der Waals surface area contributed by atoms with Gasteiger partial charge in [-0.2, -0.15) is 0 Å². The molecule has 0 bridgehead atoms. The molecule has 4 fully saturated rings. The van der Waals surface area contributed by atoms with Crippen LogP contribution in [0.15, 0.2) is 23.7 Å². The maximum atomic E-state index is 11.3. The highest BCUT2D eigenvalue weighted by Crippen LogP contribution is 2.34. The van der Waals surface area contributed by atoms with Gasteiger partial charge in [0.2, 0.25) is 12.6 Å². The highest BCUT2D eigenvalue weighted by molar-refractivity contribution is 5.07. The largest absolute Gasteiger partial charge is 0.467 e. The molecular weight excluding hydrogens is 844 g/mol. The lowest BCUT2D eigenvalue weighted by molar-refractivity contribution is -0.304. The zero-order valence-electron chi connectivity index (χ0n) is 37.6. The number of hydrogen-bond donors (Lipinski definition) is 16. The fraction of sp³-hybridized carbons (Fsp3) is 0.900. The minimum absolute atomic E-state index is 0.0483. The van der Waals surface area contributed by atoms with Gasteiger partial charge in [-0.15, -0.1) is 0 Å². The molecule has 0 aromatic heterocycles. The van der Waals surface area contributed by atoms with Gasteiger partial charge in [-0.3, -0.25) is 0 Å². The summed E-state index contributed by atoms with van der Waals surface area (Å²) in [7, 11) is 3.26. The zero-order valence-corrected chi connectivity index (χ0v) is 37.6. The SMILES string of the molecule is CCN[C@@H]1C[C@H](N)[C@@H](OC2OC(CN)=CCC2N)[C@H](O)[C@H]1O[C@H]1OC[C@](C)(O)[C@H](NC)[C@H]1O.CN[C@@H]1[C@@H](O)[C@@H](O[C@@H]2[C@@H](O)[C@H](OC3OC(CN)=CCC3N)[C@@H](N)C[C@H]2N)OC[C@]1(C)O. The molecule has 0 aromatic carbocycles. The molecule has 0 aromatic rings. The number of hydrogen-bond acceptors (Lipinski definition) is 24. The Morgan fingerprint density at radius 1 is 0.594 bits per heavy atom. The molecule has 24 nitrogen and oxygen atoms in total. The summed E-state index contributed by atoms with van der Waals surface area (Å²) < 4.78 is 46.6. The van der Waals surface area contributed by atoms with Gasteiger partial charge in [0.05, 0.1) is 50.5 Å². The van der Waals surface area contributed by atoms with Crippen molar-refractivity contribution in [2.24, 2.45) is 40.1 Å². The molecule has 4 unspecified atom stereocenters. The van der Waals surface area contributed by atoms with Gasteiger partial charge in [-0.25, -0.2) is 0 Å². The third kappa shape index (κ3) is 12.3. The van der Waals surface area contributed by atoms with E-state index in [0.717, 1.165) is 0 Å². The van der Waals surface area contributed by atoms with E-state index in [1.54, 1.807) is 34.0 Å². The Balaban J connectivity index is 0.000000241. The Morgan fingerprint density at radius 3 is 1.36 bits per heavy atom. The molecule has 6 rings (SSSR count). The lowest BCUT2D eigenvalue weighted by Crippen LogP contribution is -2.69. The van der Waals surface area contributed by atoms with E-state index >= 15 is 0 Å². The first-order valence-electron chi connectivity index (χ1n) is 22.2. The summed E-state index contributed by atoms with van der Waals surface area (Å²) in [6, 6.07) is -4.32. The summed E-state index contributed by atoms with van der Waals surface area (Å²) in [5.74, 6) is 1.13. The molecule has 2 aliphatic carbocycles. The molecule has 24 heteroatoms. The molecule has 23 N–H and O–H groups in total. The number of aliphatic hydroxyl groups excluding tert-OH is 4. The average molecular weight is 923 g/mol. The van der Waals surface area contributed by atoms with E-state index in [1.807, 2.05) is 13.0 Å². The molecule has 6 aliphatic rings. The topological polar surface area (TPSA) is 413 Å². The van der Waals surface area contributed by atoms with Crippen LogP contribution in [0.4, 0.5) is 0 Å². The van der Waals surface area contributed by atoms with Gasteiger partial charge in [-0.1, -0.05) is 6.92 Å². The molecule has 0 amide bonds. The minimum Gasteiger partial charge on any atom is -0.467 e. The van der Waals surface area contributed by atoms with Crippen molar-refractivity contribution in [1.82, 2.24) is 16.0 Å². The Bertz CT molecular complexity index is 1520. The Labute approximate surface area is 374 Å². The smallest absolute Gasteiger partial charge is 0.215 e. The normalized spacial score (nSPS) is 47.6. The molecule has 0 radical (unpaired) electrons. The number of nitrogens with one attached hydrogen (secondary N) is 3. The van der Waals surface area contributed by atoms with Gasteiger partial charge in [0.25, 0.3) is 0 Å². The summed E-state index contributed by atoms with van der Waals surface area (Å²) in [5, 5.41) is 73.7. The number of nitrogens with two attached hydrogens (primary N) is 7. The number of ether oxygens (including phenoxy) is 8. The van der Waals surface area contributed by atoms with Gasteiger partial charge >= 0.3 is 0 Å². The van der Waals surface area contributed by atoms with Crippen LogP contribution in [0, 0.1) is 0 Å². The molecule has 372 valence electrons. The molecule has 0 spiro atoms. The summed E-state index contributed by atoms with van der Waals surface area (Å²) in [6.07, 6.45) is -6.62. The van der Waals surface area contributed by atoms with Gasteiger partial charge in [0.1, 0.15) is 71.6 Å². The molecule has 4 heterocycles. The van der Waals surface area contributed by atoms with Gasteiger partial charge in [-0.05, 0) is 72.3 Å². The van der Waals surface area contributed by atoms with Crippen molar-refractivity contribution >= 4 is 0 Å². The fourth-order valence-corrected chi connectivity index (χ4v) is 9.29. The first kappa shape index (κ1) is 53.2. The highest BCUT2D eigenvalue weighted by Gasteiger charge is 2.53. The molecular formula is C40H78N10O14. The van der Waals surface area contributed by atoms with E-state index < -0.39 is 127 Å². The van der Waals surface area contributed by atoms with Crippen LogP contribution in [0.1, 0.15) is 46.5 Å². The van der Waals surface area contributed by atoms with Crippen LogP contribution < -0.4 is 56.1 Å². The van der Waals surface area contributed by atoms with E-state index in [0.29, 0.717) is 43.7 Å². The Kier molecular flexibility index (Phi) is 19.1. The number of likely N-dealkylation sites (N-methyl/N-ethyl adjacent to an activating group) is 3. The second-order valence-corrected chi connectivity index (χ2v) is 18.1. The third-order valence-electron chi connectivity index (χ3n) is 12.9. The van der Waals surface area contributed by atoms with Crippen LogP contribution in [0.25, 0.3) is 0 Å². The van der Waals surface area contributed by atoms with E-state index in [1.165, 1.54) is 0 Å². The van der Waals surface area contributed by atoms with Gasteiger partial charge < -0.3 is 125 Å². The van der Waals surface area contributed by atoms with E-state index in [-0.39, 0.29) is 32.3 Å². The average Bonchev–Trinajstić information content (AvgIpc) is 3.24. The first-order valence-corrected chi connectivity index (χ1v) is 22.2. The van der Waals surface area contributed by atoms with Crippen molar-refractivity contribution in [2.45, 2.75) is 180 Å². The van der Waals surface area contributed by atoms with Crippen LogP contribution >= 0.6 is 0 Å². The summed E-state index contributed by atoms with van der Waals surface area (Å²) >= 11 is 0. The highest BCUT2D eigenvalue weighted by atomic mass is 16.7.